The summed E-state index contributed by atoms with van der Waals surface area (Å²) in [5.74, 6) is 0.957. The fourth-order valence-electron chi connectivity index (χ4n) is 5.14. The van der Waals surface area contributed by atoms with Crippen molar-refractivity contribution in [3.05, 3.63) is 22.8 Å². The lowest BCUT2D eigenvalue weighted by atomic mass is 9.92. The lowest BCUT2D eigenvalue weighted by Gasteiger charge is -2.32. The molecule has 2 aliphatic carbocycles. The first-order chi connectivity index (χ1) is 15.9. The molecule has 0 saturated heterocycles. The summed E-state index contributed by atoms with van der Waals surface area (Å²) in [6.07, 6.45) is 10.2. The van der Waals surface area contributed by atoms with E-state index in [9.17, 15) is 4.79 Å². The van der Waals surface area contributed by atoms with Gasteiger partial charge in [0.2, 0.25) is 17.7 Å². The molecule has 0 bridgehead atoms. The number of hydrogen-bond acceptors (Lipinski definition) is 8. The van der Waals surface area contributed by atoms with Crippen LogP contribution in [0, 0.1) is 0 Å². The summed E-state index contributed by atoms with van der Waals surface area (Å²) in [6, 6.07) is 0.600. The van der Waals surface area contributed by atoms with Crippen LogP contribution >= 0.6 is 11.3 Å². The van der Waals surface area contributed by atoms with E-state index in [0.29, 0.717) is 24.3 Å². The van der Waals surface area contributed by atoms with Gasteiger partial charge < -0.3 is 20.7 Å². The van der Waals surface area contributed by atoms with Gasteiger partial charge in [-0.2, -0.15) is 10.1 Å². The number of fused-ring (bicyclic) bond motifs is 3. The van der Waals surface area contributed by atoms with Gasteiger partial charge in [-0.05, 0) is 64.1 Å². The Balaban J connectivity index is 1.50. The van der Waals surface area contributed by atoms with Gasteiger partial charge in [0.05, 0.1) is 17.3 Å². The van der Waals surface area contributed by atoms with E-state index in [2.05, 4.69) is 29.4 Å². The molecule has 3 heterocycles. The quantitative estimate of drug-likeness (QED) is 0.546. The number of hydrogen-bond donors (Lipinski definition) is 2. The van der Waals surface area contributed by atoms with Crippen molar-refractivity contribution in [3.63, 3.8) is 0 Å². The van der Waals surface area contributed by atoms with Crippen molar-refractivity contribution < 1.29 is 9.53 Å². The average Bonchev–Trinajstić information content (AvgIpc) is 3.44. The molecular weight excluding hydrogens is 438 g/mol. The smallest absolute Gasteiger partial charge is 0.232 e. The zero-order valence-corrected chi connectivity index (χ0v) is 20.2. The van der Waals surface area contributed by atoms with Crippen LogP contribution in [0.5, 0.6) is 5.88 Å². The minimum atomic E-state index is -0.271. The predicted molar refractivity (Wildman–Crippen MR) is 129 cm³/mol. The predicted octanol–water partition coefficient (Wildman–Crippen LogP) is 3.33. The van der Waals surface area contributed by atoms with Crippen LogP contribution in [0.25, 0.3) is 10.2 Å². The van der Waals surface area contributed by atoms with Crippen LogP contribution in [0.15, 0.2) is 12.4 Å². The number of primary amides is 1. The number of aromatic nitrogens is 4. The average molecular weight is 470 g/mol. The molecular formula is C23H31N7O2S. The van der Waals surface area contributed by atoms with Crippen molar-refractivity contribution in [1.82, 2.24) is 24.6 Å². The Bertz CT molecular complexity index is 1160. The van der Waals surface area contributed by atoms with Crippen molar-refractivity contribution >= 4 is 39.1 Å². The van der Waals surface area contributed by atoms with Gasteiger partial charge in [-0.15, -0.1) is 11.3 Å². The monoisotopic (exact) mass is 469 g/mol. The van der Waals surface area contributed by atoms with E-state index in [0.717, 1.165) is 54.4 Å². The molecule has 0 radical (unpaired) electrons. The molecule has 33 heavy (non-hydrogen) atoms. The van der Waals surface area contributed by atoms with E-state index >= 15 is 0 Å². The number of nitrogens with one attached hydrogen (secondary N) is 1. The number of nitrogens with zero attached hydrogens (tertiary/aromatic N) is 5. The number of amides is 1. The molecule has 0 aromatic carbocycles. The van der Waals surface area contributed by atoms with Gasteiger partial charge >= 0.3 is 0 Å². The van der Waals surface area contributed by atoms with Gasteiger partial charge in [-0.3, -0.25) is 9.48 Å². The van der Waals surface area contributed by atoms with E-state index in [1.165, 1.54) is 10.4 Å². The summed E-state index contributed by atoms with van der Waals surface area (Å²) >= 11 is 1.68. The molecule has 5 rings (SSSR count). The normalized spacial score (nSPS) is 22.6. The topological polar surface area (TPSA) is 111 Å². The van der Waals surface area contributed by atoms with Gasteiger partial charge in [0.15, 0.2) is 0 Å². The van der Waals surface area contributed by atoms with Crippen molar-refractivity contribution in [1.29, 1.82) is 0 Å². The van der Waals surface area contributed by atoms with Crippen molar-refractivity contribution in [3.8, 4) is 5.88 Å². The van der Waals surface area contributed by atoms with Gasteiger partial charge in [-0.25, -0.2) is 4.98 Å². The second-order valence-electron chi connectivity index (χ2n) is 9.42. The zero-order chi connectivity index (χ0) is 23.1. The summed E-state index contributed by atoms with van der Waals surface area (Å²) in [5.41, 5.74) is 7.55. The molecule has 3 aromatic rings. The Kier molecular flexibility index (Phi) is 5.96. The number of anilines is 2. The molecule has 1 unspecified atom stereocenters. The molecule has 3 aromatic heterocycles. The van der Waals surface area contributed by atoms with E-state index in [4.69, 9.17) is 20.4 Å². The Morgan fingerprint density at radius 2 is 2.06 bits per heavy atom. The molecule has 2 aliphatic rings. The summed E-state index contributed by atoms with van der Waals surface area (Å²) in [7, 11) is 6.16. The number of carbonyl (C=O) groups excluding carboxylic acids is 1. The third-order valence-corrected chi connectivity index (χ3v) is 7.98. The maximum Gasteiger partial charge on any atom is 0.232 e. The summed E-state index contributed by atoms with van der Waals surface area (Å²) in [6.45, 7) is 0. The third kappa shape index (κ3) is 4.54. The first-order valence-electron chi connectivity index (χ1n) is 11.6. The lowest BCUT2D eigenvalue weighted by Crippen LogP contribution is -2.35. The van der Waals surface area contributed by atoms with E-state index < -0.39 is 0 Å². The standard InChI is InChI=1S/C23H31N7O2S/c1-29(2)15-5-7-16(8-6-15)32-21-20-19-13(10-18(24)31)4-9-17(19)33-22(20)28-23(27-21)26-14-11-25-30(3)12-14/h11-13,15-16H,4-10H2,1-3H3,(H2,24,31)(H,26,27,28)/t13?,15-,16-. The SMILES string of the molecule is Cn1cc(Nc2nc(O[C@H]3CC[C@H](N(C)C)CC3)c3c4c(sc3n2)CCC4CC(N)=O)cn1. The highest BCUT2D eigenvalue weighted by Gasteiger charge is 2.33. The van der Waals surface area contributed by atoms with E-state index in [1.807, 2.05) is 13.2 Å². The highest BCUT2D eigenvalue weighted by atomic mass is 32.1. The maximum atomic E-state index is 11.7. The number of ether oxygens (including phenoxy) is 1. The molecule has 0 aliphatic heterocycles. The van der Waals surface area contributed by atoms with Crippen molar-refractivity contribution in [2.24, 2.45) is 12.8 Å². The fraction of sp³-hybridized carbons (Fsp3) is 0.565. The van der Waals surface area contributed by atoms with Crippen LogP contribution in [0.1, 0.15) is 54.9 Å². The zero-order valence-electron chi connectivity index (χ0n) is 19.4. The first kappa shape index (κ1) is 22.1. The highest BCUT2D eigenvalue weighted by Crippen LogP contribution is 2.48. The number of nitrogens with two attached hydrogens (primary N) is 1. The minimum Gasteiger partial charge on any atom is -0.474 e. The molecule has 9 nitrogen and oxygen atoms in total. The highest BCUT2D eigenvalue weighted by molar-refractivity contribution is 7.19. The van der Waals surface area contributed by atoms with Crippen LogP contribution in [0.4, 0.5) is 11.6 Å². The minimum absolute atomic E-state index is 0.110. The van der Waals surface area contributed by atoms with Gasteiger partial charge in [0, 0.05) is 30.6 Å². The fourth-order valence-corrected chi connectivity index (χ4v) is 6.41. The Hall–Kier alpha value is -2.72. The number of aryl methyl sites for hydroxylation is 2. The van der Waals surface area contributed by atoms with Gasteiger partial charge in [0.1, 0.15) is 10.9 Å². The molecule has 1 atom stereocenters. The molecule has 3 N–H and O–H groups in total. The lowest BCUT2D eigenvalue weighted by molar-refractivity contribution is -0.118. The van der Waals surface area contributed by atoms with Crippen molar-refractivity contribution in [2.45, 2.75) is 63.0 Å². The molecule has 1 saturated carbocycles. The third-order valence-electron chi connectivity index (χ3n) is 6.82. The van der Waals surface area contributed by atoms with Crippen LogP contribution in [0.2, 0.25) is 0 Å². The van der Waals surface area contributed by atoms with Crippen molar-refractivity contribution in [2.75, 3.05) is 19.4 Å². The molecule has 0 spiro atoms. The first-order valence-corrected chi connectivity index (χ1v) is 12.4. The molecule has 10 heteroatoms. The summed E-state index contributed by atoms with van der Waals surface area (Å²) < 4.78 is 8.31. The second-order valence-corrected chi connectivity index (χ2v) is 10.5. The summed E-state index contributed by atoms with van der Waals surface area (Å²) in [4.78, 5) is 25.8. The Morgan fingerprint density at radius 1 is 1.27 bits per heavy atom. The van der Waals surface area contributed by atoms with Gasteiger partial charge in [0.25, 0.3) is 0 Å². The largest absolute Gasteiger partial charge is 0.474 e. The van der Waals surface area contributed by atoms with Crippen LogP contribution in [0.3, 0.4) is 0 Å². The maximum absolute atomic E-state index is 11.7. The number of carbonyl (C=O) groups is 1. The molecule has 1 fully saturated rings. The molecule has 176 valence electrons. The second kappa shape index (κ2) is 8.90. The molecule has 1 amide bonds. The van der Waals surface area contributed by atoms with Crippen LogP contribution in [-0.2, 0) is 18.3 Å². The summed E-state index contributed by atoms with van der Waals surface area (Å²) in [5, 5.41) is 8.44. The van der Waals surface area contributed by atoms with E-state index in [1.54, 1.807) is 22.2 Å². The van der Waals surface area contributed by atoms with Crippen LogP contribution < -0.4 is 15.8 Å². The number of rotatable bonds is 7. The number of thiophene rings is 1. The van der Waals surface area contributed by atoms with Gasteiger partial charge in [-0.1, -0.05) is 0 Å². The Morgan fingerprint density at radius 3 is 2.73 bits per heavy atom. The van der Waals surface area contributed by atoms with Crippen LogP contribution in [-0.4, -0.2) is 56.8 Å². The Labute approximate surface area is 197 Å². The van der Waals surface area contributed by atoms with E-state index in [-0.39, 0.29) is 17.9 Å².